The van der Waals surface area contributed by atoms with Gasteiger partial charge in [0, 0.05) is 37.5 Å². The van der Waals surface area contributed by atoms with Gasteiger partial charge in [-0.2, -0.15) is 0 Å². The maximum Gasteiger partial charge on any atom is 0.279 e. The molecule has 1 aromatic carbocycles. The Bertz CT molecular complexity index is 2130. The second kappa shape index (κ2) is 14.0. The maximum atomic E-state index is 16.2. The zero-order valence-electron chi connectivity index (χ0n) is 27.4. The van der Waals surface area contributed by atoms with Gasteiger partial charge in [0.25, 0.3) is 11.5 Å². The van der Waals surface area contributed by atoms with Gasteiger partial charge in [0.2, 0.25) is 0 Å². The van der Waals surface area contributed by atoms with Crippen LogP contribution in [0.15, 0.2) is 70.3 Å². The first-order valence-electron chi connectivity index (χ1n) is 14.9. The molecule has 4 aromatic rings. The third kappa shape index (κ3) is 6.98. The van der Waals surface area contributed by atoms with Gasteiger partial charge in [-0.15, -0.1) is 0 Å². The molecule has 14 heteroatoms. The minimum Gasteiger partial charge on any atom is -0.507 e. The van der Waals surface area contributed by atoms with Crippen LogP contribution in [-0.4, -0.2) is 59.9 Å². The molecule has 0 radical (unpaired) electrons. The van der Waals surface area contributed by atoms with Crippen molar-refractivity contribution in [1.29, 1.82) is 0 Å². The number of phenolic OH excluding ortho intramolecular Hbond substituents is 1. The van der Waals surface area contributed by atoms with Gasteiger partial charge in [-0.05, 0) is 56.5 Å². The van der Waals surface area contributed by atoms with Crippen LogP contribution in [0.1, 0.15) is 44.9 Å². The van der Waals surface area contributed by atoms with E-state index in [0.717, 1.165) is 29.0 Å². The highest BCUT2D eigenvalue weighted by Gasteiger charge is 2.32. The van der Waals surface area contributed by atoms with E-state index < -0.39 is 60.7 Å². The molecule has 2 N–H and O–H groups in total. The molecule has 10 nitrogen and oxygen atoms in total. The summed E-state index contributed by atoms with van der Waals surface area (Å²) in [6.45, 7) is 11.4. The Hall–Kier alpha value is -4.98. The van der Waals surface area contributed by atoms with E-state index in [0.29, 0.717) is 16.8 Å². The van der Waals surface area contributed by atoms with Crippen LogP contribution in [0.2, 0.25) is 0 Å². The Balaban J connectivity index is 2.27. The number of pyridine rings is 3. The molecule has 0 atom stereocenters. The largest absolute Gasteiger partial charge is 0.507 e. The number of sulfone groups is 1. The summed E-state index contributed by atoms with van der Waals surface area (Å²) in [7, 11) is -4.39. The molecule has 48 heavy (non-hydrogen) atoms. The van der Waals surface area contributed by atoms with E-state index in [9.17, 15) is 27.5 Å². The van der Waals surface area contributed by atoms with Crippen LogP contribution in [-0.2, 0) is 14.6 Å². The minimum atomic E-state index is -4.39. The number of hydrogen-bond acceptors (Lipinski definition) is 8. The number of hydrogen-bond donors (Lipinski definition) is 2. The van der Waals surface area contributed by atoms with Gasteiger partial charge in [0.1, 0.15) is 17.3 Å². The fraction of sp³-hybridized carbons (Fsp3) is 0.294. The molecule has 0 aliphatic heterocycles. The Morgan fingerprint density at radius 1 is 1.21 bits per heavy atom. The second-order valence-electron chi connectivity index (χ2n) is 11.6. The first kappa shape index (κ1) is 35.9. The fourth-order valence-electron chi connectivity index (χ4n) is 5.37. The normalized spacial score (nSPS) is 12.1. The fourth-order valence-corrected chi connectivity index (χ4v) is 6.37. The van der Waals surface area contributed by atoms with E-state index in [4.69, 9.17) is 0 Å². The molecule has 1 amide bonds. The number of aryl methyl sites for hydroxylation is 1. The number of aromatic hydroxyl groups is 1. The Kier molecular flexibility index (Phi) is 10.5. The van der Waals surface area contributed by atoms with Crippen LogP contribution in [0.25, 0.3) is 28.0 Å². The van der Waals surface area contributed by atoms with Gasteiger partial charge < -0.3 is 15.3 Å². The number of aromatic nitrogens is 3. The van der Waals surface area contributed by atoms with Crippen LogP contribution >= 0.6 is 0 Å². The smallest absolute Gasteiger partial charge is 0.279 e. The number of fused-ring (bicyclic) bond motifs is 1. The number of amides is 1. The number of nitrogens with zero attached hydrogens (tertiary/aromatic N) is 4. The Morgan fingerprint density at radius 2 is 1.90 bits per heavy atom. The number of rotatable bonds is 11. The van der Waals surface area contributed by atoms with Crippen molar-refractivity contribution in [3.8, 4) is 22.7 Å². The van der Waals surface area contributed by atoms with Gasteiger partial charge >= 0.3 is 0 Å². The maximum absolute atomic E-state index is 16.2. The monoisotopic (exact) mass is 683 g/mol. The van der Waals surface area contributed by atoms with E-state index >= 15 is 8.78 Å². The lowest BCUT2D eigenvalue weighted by molar-refractivity contribution is -0.118. The van der Waals surface area contributed by atoms with Crippen molar-refractivity contribution in [3.63, 3.8) is 0 Å². The number of phenols is 1. The third-order valence-electron chi connectivity index (χ3n) is 7.72. The van der Waals surface area contributed by atoms with Gasteiger partial charge in [0.05, 0.1) is 22.6 Å². The highest BCUT2D eigenvalue weighted by Crippen LogP contribution is 2.39. The zero-order valence-corrected chi connectivity index (χ0v) is 28.2. The molecular formula is C34H36F3N5O5S. The average molecular weight is 684 g/mol. The molecule has 0 bridgehead atoms. The van der Waals surface area contributed by atoms with Crippen molar-refractivity contribution in [1.82, 2.24) is 19.9 Å². The lowest BCUT2D eigenvalue weighted by atomic mass is 10.0. The lowest BCUT2D eigenvalue weighted by Gasteiger charge is -2.30. The second-order valence-corrected chi connectivity index (χ2v) is 13.6. The minimum absolute atomic E-state index is 0.00461. The summed E-state index contributed by atoms with van der Waals surface area (Å²) in [5, 5.41) is 12.8. The predicted molar refractivity (Wildman–Crippen MR) is 179 cm³/mol. The number of benzene rings is 1. The van der Waals surface area contributed by atoms with Crippen LogP contribution < -0.4 is 15.8 Å². The van der Waals surface area contributed by atoms with Crippen molar-refractivity contribution in [2.75, 3.05) is 30.8 Å². The molecule has 0 fully saturated rings. The van der Waals surface area contributed by atoms with Crippen molar-refractivity contribution < 1.29 is 31.5 Å². The van der Waals surface area contributed by atoms with E-state index in [-0.39, 0.29) is 48.0 Å². The number of anilines is 1. The molecule has 0 spiro atoms. The summed E-state index contributed by atoms with van der Waals surface area (Å²) in [5.41, 5.74) is -0.870. The zero-order chi connectivity index (χ0) is 35.7. The quantitative estimate of drug-likeness (QED) is 0.153. The van der Waals surface area contributed by atoms with E-state index in [1.54, 1.807) is 32.9 Å². The Morgan fingerprint density at radius 3 is 2.48 bits per heavy atom. The third-order valence-corrected chi connectivity index (χ3v) is 8.83. The Labute approximate surface area is 276 Å². The summed E-state index contributed by atoms with van der Waals surface area (Å²) in [6.07, 6.45) is 4.11. The summed E-state index contributed by atoms with van der Waals surface area (Å²) in [6, 6.07) is 5.94. The molecule has 3 aromatic heterocycles. The molecular weight excluding hydrogens is 647 g/mol. The number of halogens is 3. The standard InChI is InChI=1S/C34H36F3N5O5S/c1-8-19(4)17-41(15-14-39-33(44)21(6)35)30-22-16-24(37)28(26-23(36)10-9-11-25(26)43)40-32(22)42(34(45)31(30)48(7,46)47)29-20(5)12-13-38-27(29)18(2)3/h8-13,16,18,43H,6,14-15,17H2,1-5,7H3,(H,39,44)/b19-8-. The van der Waals surface area contributed by atoms with Gasteiger partial charge in [-0.25, -0.2) is 26.6 Å². The predicted octanol–water partition coefficient (Wildman–Crippen LogP) is 5.64. The first-order valence-corrected chi connectivity index (χ1v) is 16.8. The summed E-state index contributed by atoms with van der Waals surface area (Å²) >= 11 is 0. The van der Waals surface area contributed by atoms with Crippen LogP contribution in [0.3, 0.4) is 0 Å². The summed E-state index contributed by atoms with van der Waals surface area (Å²) in [4.78, 5) is 36.3. The molecule has 0 aliphatic carbocycles. The van der Waals surface area contributed by atoms with Crippen LogP contribution in [0.4, 0.5) is 18.9 Å². The lowest BCUT2D eigenvalue weighted by Crippen LogP contribution is -2.39. The van der Waals surface area contributed by atoms with Crippen molar-refractivity contribution in [3.05, 3.63) is 93.8 Å². The molecule has 254 valence electrons. The molecule has 4 rings (SSSR count). The molecule has 0 aliphatic rings. The summed E-state index contributed by atoms with van der Waals surface area (Å²) in [5.74, 6) is -5.32. The average Bonchev–Trinajstić information content (AvgIpc) is 2.99. The van der Waals surface area contributed by atoms with E-state index in [1.807, 2.05) is 13.8 Å². The van der Waals surface area contributed by atoms with Crippen LogP contribution in [0, 0.1) is 18.6 Å². The van der Waals surface area contributed by atoms with Gasteiger partial charge in [-0.3, -0.25) is 19.1 Å². The van der Waals surface area contributed by atoms with E-state index in [2.05, 4.69) is 21.9 Å². The van der Waals surface area contributed by atoms with Crippen molar-refractivity contribution >= 4 is 32.5 Å². The van der Waals surface area contributed by atoms with Gasteiger partial charge in [-0.1, -0.05) is 38.1 Å². The number of carbonyl (C=O) groups is 1. The SMILES string of the molecule is C=C(F)C(=O)NCCN(C/C(C)=C\C)c1c(S(C)(=O)=O)c(=O)n(-c2c(C)ccnc2C(C)C)c2nc(-c3c(O)cccc3F)c(F)cc12. The molecule has 0 unspecified atom stereocenters. The topological polar surface area (TPSA) is 134 Å². The number of allylic oxidation sites excluding steroid dienone is 1. The highest BCUT2D eigenvalue weighted by atomic mass is 32.2. The van der Waals surface area contributed by atoms with E-state index in [1.165, 1.54) is 17.2 Å². The molecule has 0 saturated carbocycles. The van der Waals surface area contributed by atoms with Crippen LogP contribution in [0.5, 0.6) is 5.75 Å². The number of nitrogens with one attached hydrogen (secondary N) is 1. The molecule has 3 heterocycles. The van der Waals surface area contributed by atoms with Crippen molar-refractivity contribution in [2.45, 2.75) is 45.4 Å². The van der Waals surface area contributed by atoms with Gasteiger partial charge in [0.15, 0.2) is 32.0 Å². The number of carbonyl (C=O) groups excluding carboxylic acids is 1. The summed E-state index contributed by atoms with van der Waals surface area (Å²) < 4.78 is 73.0. The first-order chi connectivity index (χ1) is 22.5. The molecule has 0 saturated heterocycles. The highest BCUT2D eigenvalue weighted by molar-refractivity contribution is 7.90. The van der Waals surface area contributed by atoms with Crippen molar-refractivity contribution in [2.24, 2.45) is 0 Å².